The number of hydrogen-bond acceptors (Lipinski definition) is 3. The van der Waals surface area contributed by atoms with Gasteiger partial charge in [-0.2, -0.15) is 0 Å². The SMILES string of the molecule is CCOCCCn1c(NC(=O)c2cc3ccc(C)cc3[nH]2)nc2ccccc21. The number of hydrogen-bond donors (Lipinski definition) is 2. The second-order valence-corrected chi connectivity index (χ2v) is 6.85. The summed E-state index contributed by atoms with van der Waals surface area (Å²) in [4.78, 5) is 20.7. The quantitative estimate of drug-likeness (QED) is 0.466. The molecule has 0 bridgehead atoms. The van der Waals surface area contributed by atoms with Gasteiger partial charge in [-0.05, 0) is 50.1 Å². The number of H-pyrrole nitrogens is 1. The summed E-state index contributed by atoms with van der Waals surface area (Å²) in [5, 5.41) is 3.99. The van der Waals surface area contributed by atoms with Crippen molar-refractivity contribution in [2.45, 2.75) is 26.8 Å². The van der Waals surface area contributed by atoms with E-state index in [2.05, 4.69) is 15.3 Å². The van der Waals surface area contributed by atoms with Gasteiger partial charge >= 0.3 is 0 Å². The van der Waals surface area contributed by atoms with Crippen LogP contribution in [0.4, 0.5) is 5.95 Å². The average Bonchev–Trinajstić information content (AvgIpc) is 3.26. The number of carbonyl (C=O) groups is 1. The molecule has 2 aromatic heterocycles. The number of rotatable bonds is 7. The van der Waals surface area contributed by atoms with Gasteiger partial charge in [-0.1, -0.05) is 24.3 Å². The lowest BCUT2D eigenvalue weighted by Gasteiger charge is -2.10. The van der Waals surface area contributed by atoms with Gasteiger partial charge in [-0.15, -0.1) is 0 Å². The number of fused-ring (bicyclic) bond motifs is 2. The van der Waals surface area contributed by atoms with Crippen molar-refractivity contribution < 1.29 is 9.53 Å². The Balaban J connectivity index is 1.61. The zero-order chi connectivity index (χ0) is 19.5. The van der Waals surface area contributed by atoms with Crippen LogP contribution in [-0.4, -0.2) is 33.7 Å². The van der Waals surface area contributed by atoms with E-state index in [0.29, 0.717) is 24.9 Å². The van der Waals surface area contributed by atoms with Crippen LogP contribution in [-0.2, 0) is 11.3 Å². The number of benzene rings is 2. The topological polar surface area (TPSA) is 71.9 Å². The molecule has 28 heavy (non-hydrogen) atoms. The lowest BCUT2D eigenvalue weighted by Crippen LogP contribution is -2.17. The minimum atomic E-state index is -0.199. The highest BCUT2D eigenvalue weighted by atomic mass is 16.5. The molecule has 0 fully saturated rings. The van der Waals surface area contributed by atoms with Crippen LogP contribution in [0.2, 0.25) is 0 Å². The molecule has 0 aliphatic carbocycles. The number of aromatic nitrogens is 3. The summed E-state index contributed by atoms with van der Waals surface area (Å²) in [6.45, 7) is 6.12. The first-order chi connectivity index (χ1) is 13.7. The van der Waals surface area contributed by atoms with Crippen molar-refractivity contribution >= 4 is 33.8 Å². The number of imidazole rings is 1. The van der Waals surface area contributed by atoms with Crippen molar-refractivity contribution in [1.82, 2.24) is 14.5 Å². The van der Waals surface area contributed by atoms with Crippen molar-refractivity contribution in [3.8, 4) is 0 Å². The molecular weight excluding hydrogens is 352 g/mol. The van der Waals surface area contributed by atoms with Crippen molar-refractivity contribution in [2.75, 3.05) is 18.5 Å². The van der Waals surface area contributed by atoms with E-state index in [1.165, 1.54) is 0 Å². The van der Waals surface area contributed by atoms with E-state index in [4.69, 9.17) is 4.74 Å². The highest BCUT2D eigenvalue weighted by Crippen LogP contribution is 2.22. The molecule has 0 atom stereocenters. The maximum Gasteiger partial charge on any atom is 0.274 e. The fraction of sp³-hybridized carbons (Fsp3) is 0.273. The molecule has 144 valence electrons. The molecule has 0 radical (unpaired) electrons. The molecule has 2 N–H and O–H groups in total. The normalized spacial score (nSPS) is 11.4. The smallest absolute Gasteiger partial charge is 0.274 e. The number of amides is 1. The third-order valence-corrected chi connectivity index (χ3v) is 4.78. The highest BCUT2D eigenvalue weighted by Gasteiger charge is 2.16. The number of anilines is 1. The van der Waals surface area contributed by atoms with Gasteiger partial charge in [0.15, 0.2) is 0 Å². The van der Waals surface area contributed by atoms with Gasteiger partial charge in [0.05, 0.1) is 11.0 Å². The lowest BCUT2D eigenvalue weighted by atomic mass is 10.2. The number of aromatic amines is 1. The third-order valence-electron chi connectivity index (χ3n) is 4.78. The molecule has 2 aromatic carbocycles. The van der Waals surface area contributed by atoms with E-state index < -0.39 is 0 Å². The summed E-state index contributed by atoms with van der Waals surface area (Å²) in [6.07, 6.45) is 0.850. The molecule has 6 heteroatoms. The average molecular weight is 376 g/mol. The maximum absolute atomic E-state index is 12.9. The second kappa shape index (κ2) is 7.86. The summed E-state index contributed by atoms with van der Waals surface area (Å²) in [6, 6.07) is 15.9. The number of ether oxygens (including phenoxy) is 1. The largest absolute Gasteiger partial charge is 0.382 e. The molecular formula is C22H24N4O2. The molecule has 0 unspecified atom stereocenters. The van der Waals surface area contributed by atoms with Crippen LogP contribution >= 0.6 is 0 Å². The van der Waals surface area contributed by atoms with Crippen molar-refractivity contribution in [2.24, 2.45) is 0 Å². The van der Waals surface area contributed by atoms with E-state index >= 15 is 0 Å². The fourth-order valence-corrected chi connectivity index (χ4v) is 3.40. The predicted octanol–water partition coefficient (Wildman–Crippen LogP) is 4.50. The molecule has 0 spiro atoms. The maximum atomic E-state index is 12.9. The first-order valence-electron chi connectivity index (χ1n) is 9.59. The van der Waals surface area contributed by atoms with Gasteiger partial charge in [0.1, 0.15) is 5.69 Å². The third kappa shape index (κ3) is 3.64. The number of aryl methyl sites for hydroxylation is 2. The summed E-state index contributed by atoms with van der Waals surface area (Å²) < 4.78 is 7.49. The Hall–Kier alpha value is -3.12. The molecule has 1 amide bonds. The fourth-order valence-electron chi connectivity index (χ4n) is 3.40. The number of nitrogens with one attached hydrogen (secondary N) is 2. The molecule has 2 heterocycles. The van der Waals surface area contributed by atoms with Crippen LogP contribution in [0.25, 0.3) is 21.9 Å². The predicted molar refractivity (Wildman–Crippen MR) is 112 cm³/mol. The first kappa shape index (κ1) is 18.3. The zero-order valence-corrected chi connectivity index (χ0v) is 16.2. The van der Waals surface area contributed by atoms with Crippen LogP contribution in [0.5, 0.6) is 0 Å². The monoisotopic (exact) mass is 376 g/mol. The van der Waals surface area contributed by atoms with Gasteiger partial charge in [0, 0.05) is 30.7 Å². The summed E-state index contributed by atoms with van der Waals surface area (Å²) in [5.41, 5.74) is 4.49. The molecule has 0 saturated heterocycles. The van der Waals surface area contributed by atoms with Gasteiger partial charge < -0.3 is 14.3 Å². The number of para-hydroxylation sites is 2. The highest BCUT2D eigenvalue weighted by molar-refractivity contribution is 6.05. The Morgan fingerprint density at radius 1 is 1.21 bits per heavy atom. The lowest BCUT2D eigenvalue weighted by molar-refractivity contribution is 0.102. The van der Waals surface area contributed by atoms with Crippen LogP contribution < -0.4 is 5.32 Å². The number of nitrogens with zero attached hydrogens (tertiary/aromatic N) is 2. The molecule has 0 aliphatic heterocycles. The summed E-state index contributed by atoms with van der Waals surface area (Å²) in [5.74, 6) is 0.354. The van der Waals surface area contributed by atoms with Crippen LogP contribution in [0.1, 0.15) is 29.4 Å². The Morgan fingerprint density at radius 2 is 2.07 bits per heavy atom. The summed E-state index contributed by atoms with van der Waals surface area (Å²) >= 11 is 0. The van der Waals surface area contributed by atoms with E-state index in [9.17, 15) is 4.79 Å². The van der Waals surface area contributed by atoms with Crippen LogP contribution in [0.15, 0.2) is 48.5 Å². The number of carbonyl (C=O) groups excluding carboxylic acids is 1. The Kier molecular flexibility index (Phi) is 5.12. The molecule has 6 nitrogen and oxygen atoms in total. The minimum absolute atomic E-state index is 0.199. The Morgan fingerprint density at radius 3 is 2.93 bits per heavy atom. The summed E-state index contributed by atoms with van der Waals surface area (Å²) in [7, 11) is 0. The van der Waals surface area contributed by atoms with Gasteiger partial charge in [-0.3, -0.25) is 10.1 Å². The van der Waals surface area contributed by atoms with E-state index in [-0.39, 0.29) is 5.91 Å². The van der Waals surface area contributed by atoms with Crippen molar-refractivity contribution in [3.63, 3.8) is 0 Å². The van der Waals surface area contributed by atoms with E-state index in [1.54, 1.807) is 0 Å². The standard InChI is InChI=1S/C22H24N4O2/c1-3-28-12-6-11-26-20-8-5-4-7-17(20)24-22(26)25-21(27)19-14-16-10-9-15(2)13-18(16)23-19/h4-5,7-10,13-14,23H,3,6,11-12H2,1-2H3,(H,24,25,27). The van der Waals surface area contributed by atoms with E-state index in [0.717, 1.165) is 40.5 Å². The Labute approximate surface area is 163 Å². The Bertz CT molecular complexity index is 1130. The molecule has 0 aliphatic rings. The van der Waals surface area contributed by atoms with Crippen LogP contribution in [0, 0.1) is 6.92 Å². The zero-order valence-electron chi connectivity index (χ0n) is 16.2. The molecule has 4 aromatic rings. The molecule has 0 saturated carbocycles. The van der Waals surface area contributed by atoms with Gasteiger partial charge in [0.2, 0.25) is 5.95 Å². The van der Waals surface area contributed by atoms with Crippen molar-refractivity contribution in [1.29, 1.82) is 0 Å². The second-order valence-electron chi connectivity index (χ2n) is 6.85. The van der Waals surface area contributed by atoms with Crippen molar-refractivity contribution in [3.05, 3.63) is 59.8 Å². The minimum Gasteiger partial charge on any atom is -0.382 e. The molecule has 4 rings (SSSR count). The van der Waals surface area contributed by atoms with Crippen LogP contribution in [0.3, 0.4) is 0 Å². The van der Waals surface area contributed by atoms with Gasteiger partial charge in [0.25, 0.3) is 5.91 Å². The van der Waals surface area contributed by atoms with E-state index in [1.807, 2.05) is 66.9 Å². The van der Waals surface area contributed by atoms with Gasteiger partial charge in [-0.25, -0.2) is 4.98 Å². The first-order valence-corrected chi connectivity index (χ1v) is 9.59.